The molecule has 1 unspecified atom stereocenters. The number of aromatic nitrogens is 2. The Morgan fingerprint density at radius 3 is 2.86 bits per heavy atom. The monoisotopic (exact) mass is 345 g/mol. The summed E-state index contributed by atoms with van der Waals surface area (Å²) < 4.78 is 13.8. The van der Waals surface area contributed by atoms with E-state index in [0.717, 1.165) is 0 Å². The number of aliphatic hydroxyl groups is 1. The molecule has 8 heteroatoms. The summed E-state index contributed by atoms with van der Waals surface area (Å²) in [6.45, 7) is 0.109. The highest BCUT2D eigenvalue weighted by Crippen LogP contribution is 2.23. The lowest BCUT2D eigenvalue weighted by atomic mass is 9.99. The smallest absolute Gasteiger partial charge is 0.285 e. The lowest BCUT2D eigenvalue weighted by Crippen LogP contribution is -2.22. The second-order valence-corrected chi connectivity index (χ2v) is 5.55. The van der Waals surface area contributed by atoms with E-state index in [4.69, 9.17) is 23.2 Å². The van der Waals surface area contributed by atoms with Gasteiger partial charge in [0.1, 0.15) is 10.8 Å². The van der Waals surface area contributed by atoms with Crippen LogP contribution in [0.3, 0.4) is 0 Å². The summed E-state index contributed by atoms with van der Waals surface area (Å²) in [5, 5.41) is 18.5. The van der Waals surface area contributed by atoms with E-state index in [2.05, 4.69) is 15.5 Å². The Hall–Kier alpha value is -1.63. The summed E-state index contributed by atoms with van der Waals surface area (Å²) >= 11 is 11.8. The van der Waals surface area contributed by atoms with Gasteiger partial charge in [-0.1, -0.05) is 29.3 Å². The zero-order valence-corrected chi connectivity index (χ0v) is 13.0. The van der Waals surface area contributed by atoms with Crippen LogP contribution in [0.25, 0.3) is 0 Å². The van der Waals surface area contributed by atoms with Crippen molar-refractivity contribution in [1.82, 2.24) is 10.2 Å². The van der Waals surface area contributed by atoms with Crippen molar-refractivity contribution in [2.45, 2.75) is 6.42 Å². The first-order valence-electron chi connectivity index (χ1n) is 6.53. The van der Waals surface area contributed by atoms with Gasteiger partial charge in [-0.2, -0.15) is 5.10 Å². The number of rotatable bonds is 6. The second kappa shape index (κ2) is 7.58. The predicted octanol–water partition coefficient (Wildman–Crippen LogP) is 2.48. The molecule has 0 amide bonds. The number of H-pyrrole nitrogens is 1. The van der Waals surface area contributed by atoms with E-state index in [1.165, 1.54) is 18.3 Å². The minimum absolute atomic E-state index is 0.0180. The Labute approximate surface area is 136 Å². The molecule has 22 heavy (non-hydrogen) atoms. The molecule has 118 valence electrons. The predicted molar refractivity (Wildman–Crippen MR) is 84.0 cm³/mol. The van der Waals surface area contributed by atoms with Crippen LogP contribution in [0.15, 0.2) is 29.2 Å². The van der Waals surface area contributed by atoms with Crippen molar-refractivity contribution in [3.63, 3.8) is 0 Å². The maximum absolute atomic E-state index is 13.8. The molecule has 1 atom stereocenters. The SMILES string of the molecule is O=c1[nH]ncc(NCC(CO)Cc2c(F)cccc2Cl)c1Cl. The van der Waals surface area contributed by atoms with E-state index in [9.17, 15) is 14.3 Å². The van der Waals surface area contributed by atoms with Gasteiger partial charge < -0.3 is 10.4 Å². The zero-order chi connectivity index (χ0) is 16.1. The van der Waals surface area contributed by atoms with Crippen LogP contribution < -0.4 is 10.9 Å². The molecule has 0 radical (unpaired) electrons. The molecule has 0 spiro atoms. The van der Waals surface area contributed by atoms with Gasteiger partial charge in [-0.15, -0.1) is 0 Å². The van der Waals surface area contributed by atoms with E-state index in [1.807, 2.05) is 0 Å². The van der Waals surface area contributed by atoms with Crippen LogP contribution in [0.2, 0.25) is 10.0 Å². The van der Waals surface area contributed by atoms with E-state index in [-0.39, 0.29) is 30.5 Å². The van der Waals surface area contributed by atoms with Crippen LogP contribution in [0, 0.1) is 11.7 Å². The molecule has 1 aromatic carbocycles. The molecule has 0 saturated carbocycles. The average molecular weight is 346 g/mol. The number of aliphatic hydroxyl groups excluding tert-OH is 1. The molecule has 0 fully saturated rings. The third-order valence-electron chi connectivity index (χ3n) is 3.19. The summed E-state index contributed by atoms with van der Waals surface area (Å²) in [6, 6.07) is 4.44. The van der Waals surface area contributed by atoms with Crippen molar-refractivity contribution in [1.29, 1.82) is 0 Å². The van der Waals surface area contributed by atoms with E-state index in [1.54, 1.807) is 6.07 Å². The lowest BCUT2D eigenvalue weighted by Gasteiger charge is -2.17. The molecule has 1 heterocycles. The van der Waals surface area contributed by atoms with E-state index >= 15 is 0 Å². The average Bonchev–Trinajstić information content (AvgIpc) is 2.50. The number of nitrogens with one attached hydrogen (secondary N) is 2. The molecular formula is C14H14Cl2FN3O2. The van der Waals surface area contributed by atoms with Crippen LogP contribution in [0.1, 0.15) is 5.56 Å². The summed E-state index contributed by atoms with van der Waals surface area (Å²) in [6.07, 6.45) is 1.62. The first-order chi connectivity index (χ1) is 10.5. The standard InChI is InChI=1S/C14H14Cl2FN3O2/c15-10-2-1-3-11(17)9(10)4-8(7-21)5-18-12-6-19-20-14(22)13(12)16/h1-3,6,8,21H,4-5,7H2,(H2,18,20,22). The fourth-order valence-corrected chi connectivity index (χ4v) is 2.38. The van der Waals surface area contributed by atoms with E-state index < -0.39 is 11.4 Å². The van der Waals surface area contributed by atoms with Crippen LogP contribution in [0.5, 0.6) is 0 Å². The van der Waals surface area contributed by atoms with Crippen LogP contribution in [-0.2, 0) is 6.42 Å². The van der Waals surface area contributed by atoms with Crippen molar-refractivity contribution in [3.05, 3.63) is 56.2 Å². The highest BCUT2D eigenvalue weighted by Gasteiger charge is 2.15. The molecular weight excluding hydrogens is 332 g/mol. The molecule has 0 aliphatic carbocycles. The molecule has 0 aliphatic rings. The van der Waals surface area contributed by atoms with Gasteiger partial charge in [-0.05, 0) is 18.6 Å². The van der Waals surface area contributed by atoms with Crippen LogP contribution in [-0.4, -0.2) is 28.5 Å². The summed E-state index contributed by atoms with van der Waals surface area (Å²) in [4.78, 5) is 11.3. The highest BCUT2D eigenvalue weighted by atomic mass is 35.5. The Bertz CT molecular complexity index is 688. The number of halogens is 3. The Morgan fingerprint density at radius 2 is 2.18 bits per heavy atom. The molecule has 2 rings (SSSR count). The van der Waals surface area contributed by atoms with Gasteiger partial charge in [0.15, 0.2) is 0 Å². The first-order valence-corrected chi connectivity index (χ1v) is 7.29. The number of anilines is 1. The maximum Gasteiger partial charge on any atom is 0.285 e. The fourth-order valence-electron chi connectivity index (χ4n) is 1.98. The van der Waals surface area contributed by atoms with Gasteiger partial charge in [-0.25, -0.2) is 9.49 Å². The van der Waals surface area contributed by atoms with Gasteiger partial charge in [-0.3, -0.25) is 4.79 Å². The zero-order valence-electron chi connectivity index (χ0n) is 11.4. The summed E-state index contributed by atoms with van der Waals surface area (Å²) in [7, 11) is 0. The molecule has 0 saturated heterocycles. The molecule has 0 aliphatic heterocycles. The molecule has 2 aromatic rings. The Balaban J connectivity index is 2.07. The number of aromatic amines is 1. The molecule has 1 aromatic heterocycles. The number of hydrogen-bond acceptors (Lipinski definition) is 4. The maximum atomic E-state index is 13.8. The van der Waals surface area contributed by atoms with Crippen molar-refractivity contribution >= 4 is 28.9 Å². The number of nitrogens with zero attached hydrogens (tertiary/aromatic N) is 1. The molecule has 0 bridgehead atoms. The Morgan fingerprint density at radius 1 is 1.41 bits per heavy atom. The van der Waals surface area contributed by atoms with Crippen LogP contribution >= 0.6 is 23.2 Å². The van der Waals surface area contributed by atoms with Crippen molar-refractivity contribution < 1.29 is 9.50 Å². The minimum atomic E-state index is -0.510. The summed E-state index contributed by atoms with van der Waals surface area (Å²) in [5.41, 5.74) is 0.188. The number of benzene rings is 1. The topological polar surface area (TPSA) is 78.0 Å². The van der Waals surface area contributed by atoms with Crippen molar-refractivity contribution in [2.75, 3.05) is 18.5 Å². The summed E-state index contributed by atoms with van der Waals surface area (Å²) in [5.74, 6) is -0.716. The largest absolute Gasteiger partial charge is 0.396 e. The van der Waals surface area contributed by atoms with Crippen molar-refractivity contribution in [3.8, 4) is 0 Å². The third kappa shape index (κ3) is 3.97. The lowest BCUT2D eigenvalue weighted by molar-refractivity contribution is 0.232. The van der Waals surface area contributed by atoms with Gasteiger partial charge in [0.2, 0.25) is 0 Å². The first kappa shape index (κ1) is 16.7. The Kier molecular flexibility index (Phi) is 5.76. The van der Waals surface area contributed by atoms with Crippen molar-refractivity contribution in [2.24, 2.45) is 5.92 Å². The van der Waals surface area contributed by atoms with Crippen LogP contribution in [0.4, 0.5) is 10.1 Å². The molecule has 3 N–H and O–H groups in total. The van der Waals surface area contributed by atoms with E-state index in [0.29, 0.717) is 16.3 Å². The quantitative estimate of drug-likeness (QED) is 0.751. The van der Waals surface area contributed by atoms with Gasteiger partial charge >= 0.3 is 0 Å². The highest BCUT2D eigenvalue weighted by molar-refractivity contribution is 6.33. The molecule has 5 nitrogen and oxygen atoms in total. The van der Waals surface area contributed by atoms with Gasteiger partial charge in [0, 0.05) is 29.7 Å². The number of hydrogen-bond donors (Lipinski definition) is 3. The normalized spacial score (nSPS) is 12.2. The third-order valence-corrected chi connectivity index (χ3v) is 3.92. The van der Waals surface area contributed by atoms with Gasteiger partial charge in [0.05, 0.1) is 11.9 Å². The second-order valence-electron chi connectivity index (χ2n) is 4.76. The minimum Gasteiger partial charge on any atom is -0.396 e. The fraction of sp³-hybridized carbons (Fsp3) is 0.286. The van der Waals surface area contributed by atoms with Gasteiger partial charge in [0.25, 0.3) is 5.56 Å².